The molecule has 3 N–H and O–H groups in total. The zero-order chi connectivity index (χ0) is 14.8. The SMILES string of the molecule is NNC(c1cccc(Cl)c1Cl)c1cccc2ccccc12. The van der Waals surface area contributed by atoms with Crippen molar-refractivity contribution >= 4 is 34.0 Å². The molecule has 0 aliphatic heterocycles. The molecule has 0 aliphatic rings. The number of hydrazine groups is 1. The largest absolute Gasteiger partial charge is 0.271 e. The fourth-order valence-electron chi connectivity index (χ4n) is 2.59. The van der Waals surface area contributed by atoms with Crippen LogP contribution in [0.15, 0.2) is 60.7 Å². The fraction of sp³-hybridized carbons (Fsp3) is 0.0588. The molecule has 0 aliphatic carbocycles. The third-order valence-corrected chi connectivity index (χ3v) is 4.43. The first-order valence-corrected chi connectivity index (χ1v) is 7.35. The number of fused-ring (bicyclic) bond motifs is 1. The standard InChI is InChI=1S/C17H14Cl2N2/c18-15-10-4-9-14(16(15)19)17(21-20)13-8-3-6-11-5-1-2-7-12(11)13/h1-10,17,21H,20H2. The Kier molecular flexibility index (Phi) is 4.13. The number of halogens is 2. The summed E-state index contributed by atoms with van der Waals surface area (Å²) in [5, 5.41) is 3.34. The van der Waals surface area contributed by atoms with Gasteiger partial charge in [0.15, 0.2) is 0 Å². The Morgan fingerprint density at radius 1 is 0.810 bits per heavy atom. The van der Waals surface area contributed by atoms with E-state index in [1.165, 1.54) is 0 Å². The molecule has 0 aromatic heterocycles. The van der Waals surface area contributed by atoms with Crippen LogP contribution in [-0.2, 0) is 0 Å². The van der Waals surface area contributed by atoms with Gasteiger partial charge in [-0.2, -0.15) is 0 Å². The van der Waals surface area contributed by atoms with Crippen LogP contribution >= 0.6 is 23.2 Å². The molecule has 0 saturated carbocycles. The molecular formula is C17H14Cl2N2. The predicted octanol–water partition coefficient (Wildman–Crippen LogP) is 4.70. The highest BCUT2D eigenvalue weighted by molar-refractivity contribution is 6.42. The summed E-state index contributed by atoms with van der Waals surface area (Å²) in [7, 11) is 0. The van der Waals surface area contributed by atoms with Gasteiger partial charge in [0.1, 0.15) is 0 Å². The van der Waals surface area contributed by atoms with Crippen LogP contribution in [0.1, 0.15) is 17.2 Å². The molecular weight excluding hydrogens is 303 g/mol. The van der Waals surface area contributed by atoms with E-state index in [0.717, 1.165) is 21.9 Å². The van der Waals surface area contributed by atoms with Crippen LogP contribution in [0.5, 0.6) is 0 Å². The van der Waals surface area contributed by atoms with E-state index < -0.39 is 0 Å². The van der Waals surface area contributed by atoms with Crippen molar-refractivity contribution in [3.63, 3.8) is 0 Å². The average molecular weight is 317 g/mol. The van der Waals surface area contributed by atoms with Gasteiger partial charge < -0.3 is 0 Å². The second-order valence-corrected chi connectivity index (χ2v) is 5.60. The van der Waals surface area contributed by atoms with Crippen LogP contribution in [0.2, 0.25) is 10.0 Å². The molecule has 2 nitrogen and oxygen atoms in total. The molecule has 3 aromatic rings. The number of nitrogens with two attached hydrogens (primary N) is 1. The van der Waals surface area contributed by atoms with Gasteiger partial charge in [-0.25, -0.2) is 5.43 Å². The smallest absolute Gasteiger partial charge is 0.0731 e. The van der Waals surface area contributed by atoms with Gasteiger partial charge in [-0.05, 0) is 28.0 Å². The van der Waals surface area contributed by atoms with Crippen molar-refractivity contribution in [1.29, 1.82) is 0 Å². The van der Waals surface area contributed by atoms with Crippen LogP contribution in [0, 0.1) is 0 Å². The summed E-state index contributed by atoms with van der Waals surface area (Å²) >= 11 is 12.5. The summed E-state index contributed by atoms with van der Waals surface area (Å²) in [6.07, 6.45) is 0. The quantitative estimate of drug-likeness (QED) is 0.543. The lowest BCUT2D eigenvalue weighted by Crippen LogP contribution is -2.29. The molecule has 0 spiro atoms. The molecule has 0 fully saturated rings. The van der Waals surface area contributed by atoms with Gasteiger partial charge in [0.05, 0.1) is 16.1 Å². The van der Waals surface area contributed by atoms with Crippen molar-refractivity contribution in [2.45, 2.75) is 6.04 Å². The normalized spacial score (nSPS) is 12.5. The summed E-state index contributed by atoms with van der Waals surface area (Å²) in [5.74, 6) is 5.80. The first kappa shape index (κ1) is 14.4. The summed E-state index contributed by atoms with van der Waals surface area (Å²) in [4.78, 5) is 0. The number of benzene rings is 3. The summed E-state index contributed by atoms with van der Waals surface area (Å²) in [6, 6.07) is 19.7. The Labute approximate surface area is 133 Å². The van der Waals surface area contributed by atoms with E-state index in [2.05, 4.69) is 23.6 Å². The molecule has 106 valence electrons. The second kappa shape index (κ2) is 6.04. The van der Waals surface area contributed by atoms with Crippen molar-refractivity contribution in [2.75, 3.05) is 0 Å². The molecule has 1 atom stereocenters. The molecule has 3 aromatic carbocycles. The van der Waals surface area contributed by atoms with E-state index in [1.807, 2.05) is 36.4 Å². The minimum absolute atomic E-state index is 0.220. The van der Waals surface area contributed by atoms with E-state index in [1.54, 1.807) is 6.07 Å². The number of rotatable bonds is 3. The Bertz CT molecular complexity index is 781. The lowest BCUT2D eigenvalue weighted by Gasteiger charge is -2.20. The van der Waals surface area contributed by atoms with Crippen LogP contribution < -0.4 is 11.3 Å². The fourth-order valence-corrected chi connectivity index (χ4v) is 3.01. The molecule has 0 bridgehead atoms. The zero-order valence-corrected chi connectivity index (χ0v) is 12.7. The Morgan fingerprint density at radius 2 is 1.48 bits per heavy atom. The highest BCUT2D eigenvalue weighted by Crippen LogP contribution is 2.35. The molecule has 0 heterocycles. The minimum atomic E-state index is -0.220. The van der Waals surface area contributed by atoms with E-state index >= 15 is 0 Å². The minimum Gasteiger partial charge on any atom is -0.271 e. The third kappa shape index (κ3) is 2.63. The van der Waals surface area contributed by atoms with Crippen LogP contribution in [0.3, 0.4) is 0 Å². The first-order valence-electron chi connectivity index (χ1n) is 6.60. The summed E-state index contributed by atoms with van der Waals surface area (Å²) in [5.41, 5.74) is 4.78. The van der Waals surface area contributed by atoms with Gasteiger partial charge >= 0.3 is 0 Å². The highest BCUT2D eigenvalue weighted by atomic mass is 35.5. The number of hydrogen-bond donors (Lipinski definition) is 2. The molecule has 1 unspecified atom stereocenters. The van der Waals surface area contributed by atoms with Gasteiger partial charge in [0, 0.05) is 0 Å². The number of nitrogens with one attached hydrogen (secondary N) is 1. The highest BCUT2D eigenvalue weighted by Gasteiger charge is 2.18. The maximum absolute atomic E-state index is 6.34. The van der Waals surface area contributed by atoms with Crippen molar-refractivity contribution in [1.82, 2.24) is 5.43 Å². The first-order chi connectivity index (χ1) is 10.2. The van der Waals surface area contributed by atoms with E-state index in [-0.39, 0.29) is 6.04 Å². The zero-order valence-electron chi connectivity index (χ0n) is 11.2. The Hall–Kier alpha value is -1.58. The molecule has 3 rings (SSSR count). The maximum atomic E-state index is 6.34. The van der Waals surface area contributed by atoms with E-state index in [4.69, 9.17) is 29.0 Å². The molecule has 4 heteroatoms. The van der Waals surface area contributed by atoms with Gasteiger partial charge in [-0.15, -0.1) is 0 Å². The van der Waals surface area contributed by atoms with Crippen molar-refractivity contribution in [2.24, 2.45) is 5.84 Å². The topological polar surface area (TPSA) is 38.0 Å². The van der Waals surface area contributed by atoms with E-state index in [9.17, 15) is 0 Å². The average Bonchev–Trinajstić information content (AvgIpc) is 2.52. The van der Waals surface area contributed by atoms with Crippen molar-refractivity contribution < 1.29 is 0 Å². The molecule has 0 amide bonds. The maximum Gasteiger partial charge on any atom is 0.0731 e. The molecule has 21 heavy (non-hydrogen) atoms. The van der Waals surface area contributed by atoms with E-state index in [0.29, 0.717) is 10.0 Å². The van der Waals surface area contributed by atoms with Crippen LogP contribution in [0.25, 0.3) is 10.8 Å². The third-order valence-electron chi connectivity index (χ3n) is 3.59. The number of hydrogen-bond acceptors (Lipinski definition) is 2. The summed E-state index contributed by atoms with van der Waals surface area (Å²) < 4.78 is 0. The van der Waals surface area contributed by atoms with Crippen LogP contribution in [-0.4, -0.2) is 0 Å². The molecule has 0 radical (unpaired) electrons. The van der Waals surface area contributed by atoms with Gasteiger partial charge in [-0.1, -0.05) is 77.8 Å². The van der Waals surface area contributed by atoms with Gasteiger partial charge in [0.25, 0.3) is 0 Å². The van der Waals surface area contributed by atoms with Crippen molar-refractivity contribution in [3.05, 3.63) is 81.8 Å². The molecule has 0 saturated heterocycles. The van der Waals surface area contributed by atoms with Crippen molar-refractivity contribution in [3.8, 4) is 0 Å². The predicted molar refractivity (Wildman–Crippen MR) is 89.6 cm³/mol. The van der Waals surface area contributed by atoms with Gasteiger partial charge in [-0.3, -0.25) is 5.84 Å². The summed E-state index contributed by atoms with van der Waals surface area (Å²) in [6.45, 7) is 0. The Morgan fingerprint density at radius 3 is 2.29 bits per heavy atom. The lowest BCUT2D eigenvalue weighted by molar-refractivity contribution is 0.641. The Balaban J connectivity index is 2.21. The monoisotopic (exact) mass is 316 g/mol. The van der Waals surface area contributed by atoms with Gasteiger partial charge in [0.2, 0.25) is 0 Å². The van der Waals surface area contributed by atoms with Crippen LogP contribution in [0.4, 0.5) is 0 Å². The second-order valence-electron chi connectivity index (χ2n) is 4.81. The lowest BCUT2D eigenvalue weighted by atomic mass is 9.94.